The van der Waals surface area contributed by atoms with Crippen LogP contribution >= 0.6 is 0 Å². The summed E-state index contributed by atoms with van der Waals surface area (Å²) < 4.78 is 0. The molecule has 2 rings (SSSR count). The summed E-state index contributed by atoms with van der Waals surface area (Å²) in [6.07, 6.45) is 2.57. The third-order valence-corrected chi connectivity index (χ3v) is 1.65. The van der Waals surface area contributed by atoms with Gasteiger partial charge in [0, 0.05) is 6.20 Å². The highest BCUT2D eigenvalue weighted by molar-refractivity contribution is 5.94. The Morgan fingerprint density at radius 1 is 1.54 bits per heavy atom. The molecule has 0 unspecified atom stereocenters. The fourth-order valence-electron chi connectivity index (χ4n) is 1.11. The lowest BCUT2D eigenvalue weighted by molar-refractivity contribution is -0.387. The lowest BCUT2D eigenvalue weighted by atomic mass is 10.3. The fourth-order valence-corrected chi connectivity index (χ4v) is 1.11. The molecule has 0 saturated carbocycles. The van der Waals surface area contributed by atoms with E-state index in [-0.39, 0.29) is 16.9 Å². The van der Waals surface area contributed by atoms with Crippen LogP contribution < -0.4 is 5.73 Å². The van der Waals surface area contributed by atoms with Crippen molar-refractivity contribution in [1.82, 2.24) is 15.0 Å². The highest BCUT2D eigenvalue weighted by atomic mass is 16.6. The van der Waals surface area contributed by atoms with Crippen molar-refractivity contribution >= 4 is 22.5 Å². The van der Waals surface area contributed by atoms with Crippen molar-refractivity contribution in [3.8, 4) is 0 Å². The molecule has 0 saturated heterocycles. The summed E-state index contributed by atoms with van der Waals surface area (Å²) in [4.78, 5) is 19.9. The van der Waals surface area contributed by atoms with Gasteiger partial charge in [-0.3, -0.25) is 0 Å². The highest BCUT2D eigenvalue weighted by Crippen LogP contribution is 2.25. The van der Waals surface area contributed by atoms with Gasteiger partial charge in [-0.15, -0.1) is 0 Å². The number of aromatic amines is 1. The molecular weight excluding hydrogens is 174 g/mol. The van der Waals surface area contributed by atoms with Gasteiger partial charge in [0.25, 0.3) is 0 Å². The Balaban J connectivity index is 2.88. The molecule has 0 fully saturated rings. The van der Waals surface area contributed by atoms with E-state index >= 15 is 0 Å². The SMILES string of the molecule is Nc1c[nH]c2ncnc([N+](=O)[O-])c12. The van der Waals surface area contributed by atoms with Crippen molar-refractivity contribution in [2.24, 2.45) is 0 Å². The van der Waals surface area contributed by atoms with Gasteiger partial charge in [0.15, 0.2) is 5.65 Å². The minimum atomic E-state index is -0.589. The van der Waals surface area contributed by atoms with Crippen LogP contribution in [0.2, 0.25) is 0 Å². The topological polar surface area (TPSA) is 111 Å². The smallest absolute Gasteiger partial charge is 0.378 e. The van der Waals surface area contributed by atoms with E-state index < -0.39 is 4.92 Å². The number of hydrogen-bond acceptors (Lipinski definition) is 5. The summed E-state index contributed by atoms with van der Waals surface area (Å²) in [5.41, 5.74) is 6.15. The van der Waals surface area contributed by atoms with Crippen molar-refractivity contribution in [2.45, 2.75) is 0 Å². The Morgan fingerprint density at radius 3 is 3.00 bits per heavy atom. The molecular formula is C6H5N5O2. The summed E-state index contributed by atoms with van der Waals surface area (Å²) in [5.74, 6) is -0.274. The van der Waals surface area contributed by atoms with E-state index in [0.29, 0.717) is 5.65 Å². The minimum absolute atomic E-state index is 0.257. The number of aromatic nitrogens is 3. The Bertz CT molecular complexity index is 477. The van der Waals surface area contributed by atoms with E-state index in [9.17, 15) is 10.1 Å². The molecule has 2 aromatic heterocycles. The molecule has 0 amide bonds. The first-order valence-corrected chi connectivity index (χ1v) is 3.42. The second kappa shape index (κ2) is 2.41. The average molecular weight is 179 g/mol. The molecule has 7 nitrogen and oxygen atoms in total. The van der Waals surface area contributed by atoms with E-state index in [2.05, 4.69) is 15.0 Å². The molecule has 2 aromatic rings. The Kier molecular flexibility index (Phi) is 1.38. The highest BCUT2D eigenvalue weighted by Gasteiger charge is 2.17. The molecule has 0 aromatic carbocycles. The maximum atomic E-state index is 10.5. The number of nitro groups is 1. The number of fused-ring (bicyclic) bond motifs is 1. The molecule has 0 aliphatic rings. The molecule has 0 aliphatic carbocycles. The zero-order chi connectivity index (χ0) is 9.42. The zero-order valence-corrected chi connectivity index (χ0v) is 6.39. The largest absolute Gasteiger partial charge is 0.397 e. The second-order valence-electron chi connectivity index (χ2n) is 2.42. The lowest BCUT2D eigenvalue weighted by Gasteiger charge is -1.93. The maximum Gasteiger partial charge on any atom is 0.378 e. The summed E-state index contributed by atoms with van der Waals surface area (Å²) in [6.45, 7) is 0. The van der Waals surface area contributed by atoms with Gasteiger partial charge >= 0.3 is 5.82 Å². The van der Waals surface area contributed by atoms with Crippen molar-refractivity contribution in [1.29, 1.82) is 0 Å². The molecule has 3 N–H and O–H groups in total. The third-order valence-electron chi connectivity index (χ3n) is 1.65. The predicted molar refractivity (Wildman–Crippen MR) is 45.0 cm³/mol. The van der Waals surface area contributed by atoms with Crippen molar-refractivity contribution in [3.63, 3.8) is 0 Å². The third kappa shape index (κ3) is 0.975. The van der Waals surface area contributed by atoms with E-state index in [1.807, 2.05) is 0 Å². The molecule has 7 heteroatoms. The Morgan fingerprint density at radius 2 is 2.31 bits per heavy atom. The first-order chi connectivity index (χ1) is 6.20. The Labute approximate surface area is 71.8 Å². The lowest BCUT2D eigenvalue weighted by Crippen LogP contribution is -1.95. The van der Waals surface area contributed by atoms with Crippen LogP contribution in [0.4, 0.5) is 11.5 Å². The molecule has 0 atom stereocenters. The van der Waals surface area contributed by atoms with Gasteiger partial charge in [-0.1, -0.05) is 0 Å². The van der Waals surface area contributed by atoms with E-state index in [4.69, 9.17) is 5.73 Å². The molecule has 13 heavy (non-hydrogen) atoms. The first kappa shape index (κ1) is 7.47. The van der Waals surface area contributed by atoms with Crippen LogP contribution in [0.25, 0.3) is 11.0 Å². The summed E-state index contributed by atoms with van der Waals surface area (Å²) in [5, 5.41) is 10.8. The fraction of sp³-hybridized carbons (Fsp3) is 0. The van der Waals surface area contributed by atoms with Crippen LogP contribution in [0.5, 0.6) is 0 Å². The molecule has 0 spiro atoms. The normalized spacial score (nSPS) is 10.5. The van der Waals surface area contributed by atoms with Crippen LogP contribution in [-0.4, -0.2) is 19.9 Å². The average Bonchev–Trinajstić information content (AvgIpc) is 2.48. The van der Waals surface area contributed by atoms with Crippen molar-refractivity contribution in [3.05, 3.63) is 22.6 Å². The van der Waals surface area contributed by atoms with Crippen LogP contribution in [0, 0.1) is 10.1 Å². The summed E-state index contributed by atoms with van der Waals surface area (Å²) in [6, 6.07) is 0. The van der Waals surface area contributed by atoms with E-state index in [0.717, 1.165) is 6.33 Å². The number of H-pyrrole nitrogens is 1. The van der Waals surface area contributed by atoms with E-state index in [1.54, 1.807) is 0 Å². The maximum absolute atomic E-state index is 10.5. The monoisotopic (exact) mass is 179 g/mol. The standard InChI is InChI=1S/C6H5N5O2/c7-3-1-8-5-4(3)6(11(12)13)10-2-9-5/h1-2H,7H2,(H,8,9,10). The minimum Gasteiger partial charge on any atom is -0.397 e. The van der Waals surface area contributed by atoms with Crippen LogP contribution in [-0.2, 0) is 0 Å². The van der Waals surface area contributed by atoms with Gasteiger partial charge in [-0.25, -0.2) is 0 Å². The number of hydrogen-bond donors (Lipinski definition) is 2. The summed E-state index contributed by atoms with van der Waals surface area (Å²) in [7, 11) is 0. The second-order valence-corrected chi connectivity index (χ2v) is 2.42. The van der Waals surface area contributed by atoms with E-state index in [1.165, 1.54) is 6.20 Å². The van der Waals surface area contributed by atoms with Crippen LogP contribution in [0.1, 0.15) is 0 Å². The van der Waals surface area contributed by atoms with Gasteiger partial charge < -0.3 is 20.8 Å². The quantitative estimate of drug-likeness (QED) is 0.487. The molecule has 0 aliphatic heterocycles. The predicted octanol–water partition coefficient (Wildman–Crippen LogP) is 0.448. The molecule has 0 bridgehead atoms. The van der Waals surface area contributed by atoms with Gasteiger partial charge in [0.2, 0.25) is 6.33 Å². The van der Waals surface area contributed by atoms with Crippen LogP contribution in [0.3, 0.4) is 0 Å². The van der Waals surface area contributed by atoms with Gasteiger partial charge in [-0.2, -0.15) is 4.98 Å². The zero-order valence-electron chi connectivity index (χ0n) is 6.39. The molecule has 2 heterocycles. The van der Waals surface area contributed by atoms with Crippen LogP contribution in [0.15, 0.2) is 12.5 Å². The first-order valence-electron chi connectivity index (χ1n) is 3.42. The number of nitrogens with two attached hydrogens (primary N) is 1. The number of nitrogen functional groups attached to an aromatic ring is 1. The summed E-state index contributed by atoms with van der Waals surface area (Å²) >= 11 is 0. The van der Waals surface area contributed by atoms with Crippen molar-refractivity contribution in [2.75, 3.05) is 5.73 Å². The Hall–Kier alpha value is -2.18. The van der Waals surface area contributed by atoms with Crippen molar-refractivity contribution < 1.29 is 4.92 Å². The number of nitrogens with zero attached hydrogens (tertiary/aromatic N) is 3. The van der Waals surface area contributed by atoms with Gasteiger partial charge in [0.05, 0.1) is 5.69 Å². The van der Waals surface area contributed by atoms with Gasteiger partial charge in [0.1, 0.15) is 5.39 Å². The number of nitrogens with one attached hydrogen (secondary N) is 1. The molecule has 66 valence electrons. The molecule has 0 radical (unpaired) electrons. The number of anilines is 1. The van der Waals surface area contributed by atoms with Gasteiger partial charge in [-0.05, 0) is 9.91 Å². The number of rotatable bonds is 1.